The summed E-state index contributed by atoms with van der Waals surface area (Å²) in [5, 5.41) is 12.4. The van der Waals surface area contributed by atoms with Crippen molar-refractivity contribution in [2.24, 2.45) is 5.92 Å². The van der Waals surface area contributed by atoms with Gasteiger partial charge < -0.3 is 9.63 Å². The zero-order valence-corrected chi connectivity index (χ0v) is 8.90. The molecule has 1 unspecified atom stereocenters. The summed E-state index contributed by atoms with van der Waals surface area (Å²) < 4.78 is 27.1. The molecule has 1 aliphatic heterocycles. The van der Waals surface area contributed by atoms with Gasteiger partial charge in [0.1, 0.15) is 6.61 Å². The smallest absolute Gasteiger partial charge is 0.252 e. The maximum absolute atomic E-state index is 11.2. The molecule has 2 rings (SSSR count). The van der Waals surface area contributed by atoms with Gasteiger partial charge in [-0.25, -0.2) is 8.42 Å². The molecule has 1 atom stereocenters. The van der Waals surface area contributed by atoms with Gasteiger partial charge in [0.2, 0.25) is 0 Å². The molecular formula is C8H12N2O4S. The minimum atomic E-state index is -2.85. The molecule has 7 heteroatoms. The average Bonchev–Trinajstić information content (AvgIpc) is 2.73. The van der Waals surface area contributed by atoms with Crippen molar-refractivity contribution in [3.8, 4) is 0 Å². The molecule has 1 aromatic heterocycles. The third-order valence-corrected chi connectivity index (χ3v) is 4.28. The quantitative estimate of drug-likeness (QED) is 0.758. The lowest BCUT2D eigenvalue weighted by Crippen LogP contribution is -2.08. The third-order valence-electron chi connectivity index (χ3n) is 2.44. The van der Waals surface area contributed by atoms with E-state index in [4.69, 9.17) is 9.63 Å². The Bertz CT molecular complexity index is 439. The van der Waals surface area contributed by atoms with E-state index in [1.807, 2.05) is 0 Å². The number of hydrogen-bond donors (Lipinski definition) is 1. The molecule has 0 radical (unpaired) electrons. The van der Waals surface area contributed by atoms with Crippen molar-refractivity contribution >= 4 is 9.84 Å². The van der Waals surface area contributed by atoms with E-state index in [0.29, 0.717) is 18.7 Å². The second-order valence-electron chi connectivity index (χ2n) is 3.74. The molecule has 6 nitrogen and oxygen atoms in total. The molecule has 0 spiro atoms. The van der Waals surface area contributed by atoms with Crippen molar-refractivity contribution in [1.82, 2.24) is 10.1 Å². The van der Waals surface area contributed by atoms with Gasteiger partial charge >= 0.3 is 0 Å². The lowest BCUT2D eigenvalue weighted by molar-refractivity contribution is 0.222. The predicted octanol–water partition coefficient (Wildman–Crippen LogP) is -0.461. The van der Waals surface area contributed by atoms with Gasteiger partial charge in [0, 0.05) is 6.42 Å². The van der Waals surface area contributed by atoms with Crippen LogP contribution < -0.4 is 0 Å². The summed E-state index contributed by atoms with van der Waals surface area (Å²) in [7, 11) is -2.85. The van der Waals surface area contributed by atoms with Crippen LogP contribution in [0.25, 0.3) is 0 Å². The Hall–Kier alpha value is -0.950. The van der Waals surface area contributed by atoms with Crippen LogP contribution in [0.4, 0.5) is 0 Å². The van der Waals surface area contributed by atoms with E-state index in [9.17, 15) is 8.42 Å². The fourth-order valence-corrected chi connectivity index (χ4v) is 3.59. The highest BCUT2D eigenvalue weighted by Gasteiger charge is 2.29. The topological polar surface area (TPSA) is 93.3 Å². The third kappa shape index (κ3) is 2.54. The second-order valence-corrected chi connectivity index (χ2v) is 5.96. The van der Waals surface area contributed by atoms with Crippen molar-refractivity contribution in [3.63, 3.8) is 0 Å². The van der Waals surface area contributed by atoms with Crippen molar-refractivity contribution in [3.05, 3.63) is 11.7 Å². The molecule has 0 aliphatic carbocycles. The Morgan fingerprint density at radius 2 is 2.33 bits per heavy atom. The van der Waals surface area contributed by atoms with E-state index in [-0.39, 0.29) is 29.9 Å². The van der Waals surface area contributed by atoms with Crippen LogP contribution in [-0.2, 0) is 22.9 Å². The SMILES string of the molecule is O=S1(=O)CCC(Cc2noc(CO)n2)C1. The van der Waals surface area contributed by atoms with Crippen LogP contribution in [0.5, 0.6) is 0 Å². The van der Waals surface area contributed by atoms with E-state index < -0.39 is 9.84 Å². The van der Waals surface area contributed by atoms with Gasteiger partial charge in [-0.15, -0.1) is 0 Å². The molecule has 1 N–H and O–H groups in total. The van der Waals surface area contributed by atoms with Gasteiger partial charge in [0.05, 0.1) is 11.5 Å². The van der Waals surface area contributed by atoms with Crippen LogP contribution in [0, 0.1) is 5.92 Å². The van der Waals surface area contributed by atoms with Crippen molar-refractivity contribution in [2.75, 3.05) is 11.5 Å². The van der Waals surface area contributed by atoms with Crippen LogP contribution in [0.1, 0.15) is 18.1 Å². The standard InChI is InChI=1S/C8H12N2O4S/c11-4-8-9-7(10-14-8)3-6-1-2-15(12,13)5-6/h6,11H,1-5H2. The fourth-order valence-electron chi connectivity index (χ4n) is 1.73. The summed E-state index contributed by atoms with van der Waals surface area (Å²) in [5.74, 6) is 1.18. The highest BCUT2D eigenvalue weighted by molar-refractivity contribution is 7.91. The van der Waals surface area contributed by atoms with Gasteiger partial charge in [-0.05, 0) is 12.3 Å². The van der Waals surface area contributed by atoms with E-state index in [1.54, 1.807) is 0 Å². The summed E-state index contributed by atoms with van der Waals surface area (Å²) in [6, 6.07) is 0. The van der Waals surface area contributed by atoms with Crippen LogP contribution in [0.3, 0.4) is 0 Å². The monoisotopic (exact) mass is 232 g/mol. The first-order valence-corrected chi connectivity index (χ1v) is 6.54. The van der Waals surface area contributed by atoms with Crippen molar-refractivity contribution in [1.29, 1.82) is 0 Å². The van der Waals surface area contributed by atoms with E-state index in [2.05, 4.69) is 10.1 Å². The number of sulfone groups is 1. The number of aliphatic hydroxyl groups is 1. The average molecular weight is 232 g/mol. The first kappa shape index (κ1) is 10.6. The minimum Gasteiger partial charge on any atom is -0.387 e. The molecule has 0 bridgehead atoms. The summed E-state index contributed by atoms with van der Waals surface area (Å²) in [6.07, 6.45) is 1.16. The molecule has 1 aliphatic rings. The van der Waals surface area contributed by atoms with Crippen molar-refractivity contribution < 1.29 is 18.0 Å². The highest BCUT2D eigenvalue weighted by Crippen LogP contribution is 2.21. The number of aromatic nitrogens is 2. The van der Waals surface area contributed by atoms with Gasteiger partial charge in [0.25, 0.3) is 5.89 Å². The van der Waals surface area contributed by atoms with Crippen LogP contribution in [0.15, 0.2) is 4.52 Å². The molecule has 1 saturated heterocycles. The Labute approximate surface area is 87.2 Å². The lowest BCUT2D eigenvalue weighted by Gasteiger charge is -2.01. The molecule has 0 saturated carbocycles. The number of rotatable bonds is 3. The van der Waals surface area contributed by atoms with Gasteiger partial charge in [-0.3, -0.25) is 0 Å². The largest absolute Gasteiger partial charge is 0.387 e. The van der Waals surface area contributed by atoms with Gasteiger partial charge in [0.15, 0.2) is 15.7 Å². The molecule has 2 heterocycles. The molecule has 0 aromatic carbocycles. The second kappa shape index (κ2) is 3.90. The molecule has 1 aromatic rings. The summed E-state index contributed by atoms with van der Waals surface area (Å²) in [5.41, 5.74) is 0. The van der Waals surface area contributed by atoms with E-state index >= 15 is 0 Å². The van der Waals surface area contributed by atoms with Gasteiger partial charge in [-0.1, -0.05) is 5.16 Å². The van der Waals surface area contributed by atoms with Crippen LogP contribution in [0.2, 0.25) is 0 Å². The minimum absolute atomic E-state index is 0.0825. The number of aliphatic hydroxyl groups excluding tert-OH is 1. The zero-order valence-electron chi connectivity index (χ0n) is 8.09. The number of hydrogen-bond acceptors (Lipinski definition) is 6. The Morgan fingerprint density at radius 3 is 2.87 bits per heavy atom. The lowest BCUT2D eigenvalue weighted by atomic mass is 10.1. The Kier molecular flexibility index (Phi) is 2.74. The highest BCUT2D eigenvalue weighted by atomic mass is 32.2. The summed E-state index contributed by atoms with van der Waals surface area (Å²) in [4.78, 5) is 3.92. The molecule has 84 valence electrons. The molecular weight excluding hydrogens is 220 g/mol. The van der Waals surface area contributed by atoms with E-state index in [0.717, 1.165) is 0 Å². The Balaban J connectivity index is 1.98. The maximum Gasteiger partial charge on any atom is 0.252 e. The predicted molar refractivity (Wildman–Crippen MR) is 50.7 cm³/mol. The van der Waals surface area contributed by atoms with Crippen molar-refractivity contribution in [2.45, 2.75) is 19.4 Å². The summed E-state index contributed by atoms with van der Waals surface area (Å²) in [6.45, 7) is -0.282. The maximum atomic E-state index is 11.2. The molecule has 15 heavy (non-hydrogen) atoms. The number of nitrogens with zero attached hydrogens (tertiary/aromatic N) is 2. The Morgan fingerprint density at radius 1 is 1.53 bits per heavy atom. The first-order valence-electron chi connectivity index (χ1n) is 4.72. The summed E-state index contributed by atoms with van der Waals surface area (Å²) >= 11 is 0. The zero-order chi connectivity index (χ0) is 10.9. The van der Waals surface area contributed by atoms with Gasteiger partial charge in [-0.2, -0.15) is 4.98 Å². The normalized spacial score (nSPS) is 24.5. The fraction of sp³-hybridized carbons (Fsp3) is 0.750. The molecule has 1 fully saturated rings. The molecule has 0 amide bonds. The first-order chi connectivity index (χ1) is 7.09. The van der Waals surface area contributed by atoms with Crippen LogP contribution >= 0.6 is 0 Å². The van der Waals surface area contributed by atoms with Crippen LogP contribution in [-0.4, -0.2) is 35.2 Å². The van der Waals surface area contributed by atoms with E-state index in [1.165, 1.54) is 0 Å².